The molecule has 2 aromatic rings. The molecule has 27 heavy (non-hydrogen) atoms. The second-order valence-electron chi connectivity index (χ2n) is 5.99. The van der Waals surface area contributed by atoms with Crippen LogP contribution in [0.15, 0.2) is 24.3 Å². The van der Waals surface area contributed by atoms with Crippen molar-refractivity contribution in [2.45, 2.75) is 25.6 Å². The first kappa shape index (κ1) is 18.9. The molecule has 1 aromatic carbocycles. The number of ether oxygens (including phenoxy) is 1. The lowest BCUT2D eigenvalue weighted by Gasteiger charge is -2.16. The Morgan fingerprint density at radius 3 is 2.63 bits per heavy atom. The third-order valence-electron chi connectivity index (χ3n) is 4.08. The number of nitrogens with zero attached hydrogens (tertiary/aromatic N) is 4. The molecule has 1 aliphatic heterocycles. The minimum Gasteiger partial charge on any atom is -0.467 e. The minimum absolute atomic E-state index is 0.0607. The number of hydrogen-bond donors (Lipinski definition) is 1. The van der Waals surface area contributed by atoms with E-state index in [1.807, 2.05) is 4.90 Å². The first-order valence-corrected chi connectivity index (χ1v) is 8.36. The van der Waals surface area contributed by atoms with E-state index in [9.17, 15) is 18.0 Å². The highest BCUT2D eigenvalue weighted by Gasteiger charge is 2.30. The molecule has 1 N–H and O–H groups in total. The van der Waals surface area contributed by atoms with E-state index in [4.69, 9.17) is 4.74 Å². The summed E-state index contributed by atoms with van der Waals surface area (Å²) in [7, 11) is 1.42. The van der Waals surface area contributed by atoms with Crippen LogP contribution in [0.25, 0.3) is 0 Å². The maximum Gasteiger partial charge on any atom is 0.416 e. The number of methoxy groups -OCH3 is 1. The zero-order valence-corrected chi connectivity index (χ0v) is 14.6. The normalized spacial score (nSPS) is 14.3. The lowest BCUT2D eigenvalue weighted by atomic mass is 10.1. The fourth-order valence-corrected chi connectivity index (χ4v) is 2.71. The quantitative estimate of drug-likeness (QED) is 0.857. The molecule has 0 bridgehead atoms. The molecular weight excluding hydrogens is 363 g/mol. The SMILES string of the molecule is COc1nc(CNC(=O)c2cccc(C(F)(F)F)c2)nc(N2CCCC2)n1. The molecule has 0 saturated carbocycles. The van der Waals surface area contributed by atoms with Crippen LogP contribution in [-0.2, 0) is 12.7 Å². The second kappa shape index (κ2) is 7.77. The zero-order valence-electron chi connectivity index (χ0n) is 14.6. The van der Waals surface area contributed by atoms with Crippen LogP contribution in [0.5, 0.6) is 6.01 Å². The van der Waals surface area contributed by atoms with Crippen molar-refractivity contribution in [3.63, 3.8) is 0 Å². The third kappa shape index (κ3) is 4.63. The molecule has 1 saturated heterocycles. The zero-order chi connectivity index (χ0) is 19.4. The molecule has 1 aromatic heterocycles. The summed E-state index contributed by atoms with van der Waals surface area (Å²) in [6.07, 6.45) is -2.44. The summed E-state index contributed by atoms with van der Waals surface area (Å²) in [5, 5.41) is 2.53. The van der Waals surface area contributed by atoms with Crippen molar-refractivity contribution in [2.75, 3.05) is 25.1 Å². The summed E-state index contributed by atoms with van der Waals surface area (Å²) in [4.78, 5) is 26.8. The molecule has 1 aliphatic rings. The fourth-order valence-electron chi connectivity index (χ4n) is 2.71. The van der Waals surface area contributed by atoms with E-state index in [1.54, 1.807) is 0 Å². The summed E-state index contributed by atoms with van der Waals surface area (Å²) < 4.78 is 43.4. The molecule has 0 radical (unpaired) electrons. The van der Waals surface area contributed by atoms with Crippen LogP contribution in [-0.4, -0.2) is 41.1 Å². The maximum atomic E-state index is 12.8. The van der Waals surface area contributed by atoms with Gasteiger partial charge in [0.15, 0.2) is 5.82 Å². The number of hydrogen-bond acceptors (Lipinski definition) is 6. The van der Waals surface area contributed by atoms with Crippen LogP contribution >= 0.6 is 0 Å². The Hall–Kier alpha value is -2.91. The van der Waals surface area contributed by atoms with Crippen molar-refractivity contribution in [3.8, 4) is 6.01 Å². The Morgan fingerprint density at radius 2 is 1.96 bits per heavy atom. The number of carbonyl (C=O) groups is 1. The standard InChI is InChI=1S/C17H18F3N5O2/c1-27-16-23-13(22-15(24-16)25-7-2-3-8-25)10-21-14(26)11-5-4-6-12(9-11)17(18,19)20/h4-6,9H,2-3,7-8,10H2,1H3,(H,21,26). The summed E-state index contributed by atoms with van der Waals surface area (Å²) in [6.45, 7) is 1.58. The van der Waals surface area contributed by atoms with Crippen LogP contribution in [0.4, 0.5) is 19.1 Å². The van der Waals surface area contributed by atoms with Crippen molar-refractivity contribution < 1.29 is 22.7 Å². The second-order valence-corrected chi connectivity index (χ2v) is 5.99. The molecule has 0 aliphatic carbocycles. The fraction of sp³-hybridized carbons (Fsp3) is 0.412. The Balaban J connectivity index is 1.72. The molecule has 2 heterocycles. The largest absolute Gasteiger partial charge is 0.467 e. The highest BCUT2D eigenvalue weighted by molar-refractivity contribution is 5.94. The van der Waals surface area contributed by atoms with E-state index in [0.717, 1.165) is 38.1 Å². The maximum absolute atomic E-state index is 12.8. The predicted molar refractivity (Wildman–Crippen MR) is 90.4 cm³/mol. The van der Waals surface area contributed by atoms with Gasteiger partial charge in [-0.1, -0.05) is 6.07 Å². The van der Waals surface area contributed by atoms with Crippen molar-refractivity contribution in [2.24, 2.45) is 0 Å². The summed E-state index contributed by atoms with van der Waals surface area (Å²) in [6, 6.07) is 4.34. The summed E-state index contributed by atoms with van der Waals surface area (Å²) >= 11 is 0. The van der Waals surface area contributed by atoms with Crippen LogP contribution in [0, 0.1) is 0 Å². The number of carbonyl (C=O) groups excluding carboxylic acids is 1. The third-order valence-corrected chi connectivity index (χ3v) is 4.08. The number of rotatable bonds is 5. The van der Waals surface area contributed by atoms with E-state index >= 15 is 0 Å². The Labute approximate surface area is 153 Å². The molecule has 1 amide bonds. The number of amides is 1. The molecule has 1 fully saturated rings. The van der Waals surface area contributed by atoms with E-state index < -0.39 is 17.6 Å². The van der Waals surface area contributed by atoms with Crippen LogP contribution in [0.2, 0.25) is 0 Å². The van der Waals surface area contributed by atoms with Crippen LogP contribution in [0.3, 0.4) is 0 Å². The first-order valence-electron chi connectivity index (χ1n) is 8.36. The molecule has 0 spiro atoms. The van der Waals surface area contributed by atoms with Gasteiger partial charge in [-0.3, -0.25) is 4.79 Å². The van der Waals surface area contributed by atoms with E-state index in [0.29, 0.717) is 5.95 Å². The topological polar surface area (TPSA) is 80.2 Å². The van der Waals surface area contributed by atoms with Crippen LogP contribution < -0.4 is 15.0 Å². The first-order chi connectivity index (χ1) is 12.9. The minimum atomic E-state index is -4.51. The number of benzene rings is 1. The van der Waals surface area contributed by atoms with Crippen molar-refractivity contribution in [3.05, 3.63) is 41.2 Å². The Bertz CT molecular complexity index is 822. The van der Waals surface area contributed by atoms with Gasteiger partial charge in [-0.05, 0) is 31.0 Å². The van der Waals surface area contributed by atoms with Gasteiger partial charge in [0.1, 0.15) is 0 Å². The lowest BCUT2D eigenvalue weighted by molar-refractivity contribution is -0.137. The van der Waals surface area contributed by atoms with Gasteiger partial charge < -0.3 is 15.0 Å². The average molecular weight is 381 g/mol. The highest BCUT2D eigenvalue weighted by Crippen LogP contribution is 2.29. The number of halogens is 3. The molecule has 3 rings (SSSR count). The van der Waals surface area contributed by atoms with Gasteiger partial charge in [-0.2, -0.15) is 28.1 Å². The molecule has 0 atom stereocenters. The number of anilines is 1. The number of aromatic nitrogens is 3. The Kier molecular flexibility index (Phi) is 5.43. The molecule has 10 heteroatoms. The summed E-state index contributed by atoms with van der Waals surface area (Å²) in [5.41, 5.74) is -0.973. The molecular formula is C17H18F3N5O2. The van der Waals surface area contributed by atoms with Crippen molar-refractivity contribution >= 4 is 11.9 Å². The molecule has 144 valence electrons. The van der Waals surface area contributed by atoms with Gasteiger partial charge in [0, 0.05) is 18.7 Å². The Morgan fingerprint density at radius 1 is 1.22 bits per heavy atom. The monoisotopic (exact) mass is 381 g/mol. The van der Waals surface area contributed by atoms with E-state index in [2.05, 4.69) is 20.3 Å². The lowest BCUT2D eigenvalue weighted by Crippen LogP contribution is -2.26. The predicted octanol–water partition coefficient (Wildman–Crippen LogP) is 2.43. The van der Waals surface area contributed by atoms with Crippen molar-refractivity contribution in [1.29, 1.82) is 0 Å². The van der Waals surface area contributed by atoms with Crippen molar-refractivity contribution in [1.82, 2.24) is 20.3 Å². The van der Waals surface area contributed by atoms with Gasteiger partial charge in [0.25, 0.3) is 5.91 Å². The van der Waals surface area contributed by atoms with Gasteiger partial charge in [-0.25, -0.2) is 0 Å². The van der Waals surface area contributed by atoms with Gasteiger partial charge >= 0.3 is 12.2 Å². The van der Waals surface area contributed by atoms with E-state index in [-0.39, 0.29) is 23.9 Å². The highest BCUT2D eigenvalue weighted by atomic mass is 19.4. The molecule has 7 nitrogen and oxygen atoms in total. The van der Waals surface area contributed by atoms with Gasteiger partial charge in [0.05, 0.1) is 19.2 Å². The summed E-state index contributed by atoms with van der Waals surface area (Å²) in [5.74, 6) is 0.0787. The number of alkyl halides is 3. The molecule has 0 unspecified atom stereocenters. The average Bonchev–Trinajstić information content (AvgIpc) is 3.20. The van der Waals surface area contributed by atoms with Gasteiger partial charge in [-0.15, -0.1) is 0 Å². The van der Waals surface area contributed by atoms with E-state index in [1.165, 1.54) is 19.2 Å². The number of nitrogens with one attached hydrogen (secondary N) is 1. The smallest absolute Gasteiger partial charge is 0.416 e. The van der Waals surface area contributed by atoms with Gasteiger partial charge in [0.2, 0.25) is 5.95 Å². The van der Waals surface area contributed by atoms with Crippen LogP contribution in [0.1, 0.15) is 34.6 Å².